The number of carbonyl (C=O) groups excluding carboxylic acids is 2. The molecule has 2 aromatic carbocycles. The van der Waals surface area contributed by atoms with E-state index in [9.17, 15) is 14.9 Å². The molecule has 0 bridgehead atoms. The third-order valence-electron chi connectivity index (χ3n) is 8.79. The average molecular weight is 722 g/mol. The topological polar surface area (TPSA) is 193 Å². The second-order valence-corrected chi connectivity index (χ2v) is 13.8. The van der Waals surface area contributed by atoms with E-state index in [2.05, 4.69) is 73.6 Å². The summed E-state index contributed by atoms with van der Waals surface area (Å²) in [6.07, 6.45) is 2.65. The number of H-pyrrole nitrogens is 1. The van der Waals surface area contributed by atoms with Crippen molar-refractivity contribution in [1.82, 2.24) is 30.6 Å². The summed E-state index contributed by atoms with van der Waals surface area (Å²) in [5, 5.41) is 15.1. The van der Waals surface area contributed by atoms with Crippen molar-refractivity contribution in [1.29, 1.82) is 5.26 Å². The Hall–Kier alpha value is -5.98. The minimum atomic E-state index is -0.498. The summed E-state index contributed by atoms with van der Waals surface area (Å²) in [6, 6.07) is 18.1. The van der Waals surface area contributed by atoms with Gasteiger partial charge in [0.2, 0.25) is 11.8 Å². The molecule has 2 amide bonds. The van der Waals surface area contributed by atoms with Gasteiger partial charge in [0.1, 0.15) is 30.4 Å². The number of likely N-dealkylation sites (N-methyl/N-ethyl adjacent to an activating group) is 1. The maximum Gasteiger partial charge on any atom is 0.407 e. The van der Waals surface area contributed by atoms with Crippen LogP contribution >= 0.6 is 11.3 Å². The minimum absolute atomic E-state index is 0.0572. The van der Waals surface area contributed by atoms with Crippen molar-refractivity contribution >= 4 is 52.2 Å². The van der Waals surface area contributed by atoms with Gasteiger partial charge in [-0.15, -0.1) is 11.3 Å². The number of anilines is 2. The van der Waals surface area contributed by atoms with Gasteiger partial charge in [-0.3, -0.25) is 4.79 Å². The lowest BCUT2D eigenvalue weighted by Crippen LogP contribution is -2.29. The number of rotatable bonds is 14. The van der Waals surface area contributed by atoms with Crippen LogP contribution in [0.4, 0.5) is 16.4 Å². The van der Waals surface area contributed by atoms with E-state index in [1.54, 1.807) is 24.5 Å². The normalized spacial score (nSPS) is 12.9. The molecule has 0 aliphatic heterocycles. The highest BCUT2D eigenvalue weighted by atomic mass is 32.1. The van der Waals surface area contributed by atoms with Gasteiger partial charge in [-0.2, -0.15) is 15.2 Å². The van der Waals surface area contributed by atoms with E-state index < -0.39 is 12.0 Å². The lowest BCUT2D eigenvalue weighted by atomic mass is 9.82. The number of methoxy groups -OCH3 is 1. The fourth-order valence-corrected chi connectivity index (χ4v) is 7.19. The van der Waals surface area contributed by atoms with Crippen LogP contribution < -0.4 is 26.0 Å². The first-order valence-electron chi connectivity index (χ1n) is 16.5. The van der Waals surface area contributed by atoms with Crippen LogP contribution in [0.5, 0.6) is 5.88 Å². The smallest absolute Gasteiger partial charge is 0.407 e. The highest BCUT2D eigenvalue weighted by Gasteiger charge is 2.37. The molecule has 52 heavy (non-hydrogen) atoms. The summed E-state index contributed by atoms with van der Waals surface area (Å²) in [6.45, 7) is 6.35. The van der Waals surface area contributed by atoms with E-state index in [4.69, 9.17) is 19.9 Å². The number of ether oxygens (including phenoxy) is 3. The monoisotopic (exact) mass is 721 g/mol. The number of imidazole rings is 1. The Bertz CT molecular complexity index is 2170. The van der Waals surface area contributed by atoms with Crippen LogP contribution in [-0.2, 0) is 32.8 Å². The largest absolute Gasteiger partial charge is 0.471 e. The molecule has 5 aromatic rings. The number of fused-ring (bicyclic) bond motifs is 4. The Morgan fingerprint density at radius 3 is 2.63 bits per heavy atom. The van der Waals surface area contributed by atoms with Crippen molar-refractivity contribution in [3.05, 3.63) is 87.6 Å². The zero-order chi connectivity index (χ0) is 36.8. The number of nitrogens with one attached hydrogen (secondary N) is 3. The predicted octanol–water partition coefficient (Wildman–Crippen LogP) is 4.91. The molecule has 3 heterocycles. The van der Waals surface area contributed by atoms with Crippen molar-refractivity contribution < 1.29 is 23.8 Å². The van der Waals surface area contributed by atoms with Gasteiger partial charge in [0.15, 0.2) is 5.65 Å². The first-order valence-corrected chi connectivity index (χ1v) is 17.4. The number of thiophene rings is 1. The molecule has 0 unspecified atom stereocenters. The van der Waals surface area contributed by atoms with E-state index in [1.807, 2.05) is 37.4 Å². The zero-order valence-corrected chi connectivity index (χ0v) is 30.1. The molecule has 0 radical (unpaired) electrons. The fraction of sp³-hybridized carbons (Fsp3) is 0.297. The molecule has 15 heteroatoms. The lowest BCUT2D eigenvalue weighted by molar-refractivity contribution is -0.117. The third-order valence-corrected chi connectivity index (χ3v) is 9.91. The standard InChI is InChI=1S/C37H39N9O5S/c1-37(2)28-16-25(9-10-27(28)31-29(37)17-26(52-31)15-24(18-38)33(47)40-11-13-49-4)46(3)12-14-50-36(48)41-19-22-5-7-23(8-6-22)20-51-34-30-32(43-21-42-30)44-35(39)45-34/h5-10,15-17,21H,11-14,19-20H2,1-4H3,(H,40,47)(H,41,48)(H3,39,42,43,44,45)/b24-15+. The number of aromatic nitrogens is 4. The van der Waals surface area contributed by atoms with Gasteiger partial charge in [0.05, 0.1) is 19.5 Å². The SMILES string of the molecule is COCCNC(=O)/C(C#N)=C/c1cc2c(s1)-c1ccc(N(C)CCOC(=O)NCc3ccc(COc4nc(N)nc5nc[nH]c45)cc3)cc1C2(C)C. The highest BCUT2D eigenvalue weighted by Crippen LogP contribution is 2.53. The summed E-state index contributed by atoms with van der Waals surface area (Å²) < 4.78 is 16.3. The van der Waals surface area contributed by atoms with Crippen molar-refractivity contribution in [2.75, 3.05) is 51.1 Å². The predicted molar refractivity (Wildman–Crippen MR) is 199 cm³/mol. The van der Waals surface area contributed by atoms with Crippen molar-refractivity contribution in [3.8, 4) is 22.4 Å². The van der Waals surface area contributed by atoms with E-state index in [1.165, 1.54) is 11.9 Å². The number of benzene rings is 2. The van der Waals surface area contributed by atoms with Gasteiger partial charge in [-0.05, 0) is 52.1 Å². The van der Waals surface area contributed by atoms with Crippen molar-refractivity contribution in [3.63, 3.8) is 0 Å². The number of alkyl carbamates (subject to hydrolysis) is 1. The molecule has 0 saturated carbocycles. The molecular formula is C37H39N9O5S. The lowest BCUT2D eigenvalue weighted by Gasteiger charge is -2.24. The fourth-order valence-electron chi connectivity index (χ4n) is 5.89. The summed E-state index contributed by atoms with van der Waals surface area (Å²) >= 11 is 1.57. The van der Waals surface area contributed by atoms with Gasteiger partial charge in [-0.25, -0.2) is 9.78 Å². The van der Waals surface area contributed by atoms with Crippen LogP contribution in [0.25, 0.3) is 27.7 Å². The zero-order valence-electron chi connectivity index (χ0n) is 29.3. The summed E-state index contributed by atoms with van der Waals surface area (Å²) in [5.74, 6) is -0.00632. The number of aromatic amines is 1. The van der Waals surface area contributed by atoms with Crippen LogP contribution in [0.15, 0.2) is 60.4 Å². The maximum absolute atomic E-state index is 12.5. The van der Waals surface area contributed by atoms with Crippen molar-refractivity contribution in [2.45, 2.75) is 32.4 Å². The third kappa shape index (κ3) is 7.83. The van der Waals surface area contributed by atoms with Gasteiger partial charge >= 0.3 is 6.09 Å². The Morgan fingerprint density at radius 2 is 1.87 bits per heavy atom. The molecule has 0 spiro atoms. The molecular weight excluding hydrogens is 683 g/mol. The number of nitrogen functional groups attached to an aromatic ring is 1. The molecule has 14 nitrogen and oxygen atoms in total. The van der Waals surface area contributed by atoms with Gasteiger partial charge in [0.25, 0.3) is 5.91 Å². The van der Waals surface area contributed by atoms with E-state index >= 15 is 0 Å². The number of hydrogen-bond donors (Lipinski definition) is 4. The van der Waals surface area contributed by atoms with Crippen LogP contribution in [0.1, 0.15) is 41.0 Å². The molecule has 0 atom stereocenters. The number of nitrogens with zero attached hydrogens (tertiary/aromatic N) is 5. The van der Waals surface area contributed by atoms with Crippen LogP contribution in [0.2, 0.25) is 0 Å². The summed E-state index contributed by atoms with van der Waals surface area (Å²) in [7, 11) is 3.52. The maximum atomic E-state index is 12.5. The second-order valence-electron chi connectivity index (χ2n) is 12.7. The second kappa shape index (κ2) is 15.5. The summed E-state index contributed by atoms with van der Waals surface area (Å²) in [4.78, 5) is 44.2. The van der Waals surface area contributed by atoms with Gasteiger partial charge in [-0.1, -0.05) is 44.2 Å². The molecule has 3 aromatic heterocycles. The van der Waals surface area contributed by atoms with Gasteiger partial charge < -0.3 is 40.5 Å². The number of carbonyl (C=O) groups is 2. The molecule has 0 saturated heterocycles. The first-order chi connectivity index (χ1) is 25.1. The number of amides is 2. The molecule has 268 valence electrons. The Labute approximate surface area is 304 Å². The van der Waals surface area contributed by atoms with Crippen LogP contribution in [-0.4, -0.2) is 72.4 Å². The Balaban J connectivity index is 0.979. The van der Waals surface area contributed by atoms with E-state index in [0.29, 0.717) is 43.3 Å². The van der Waals surface area contributed by atoms with Gasteiger partial charge in [0, 0.05) is 48.1 Å². The Kier molecular flexibility index (Phi) is 10.7. The van der Waals surface area contributed by atoms with E-state index in [-0.39, 0.29) is 30.2 Å². The minimum Gasteiger partial charge on any atom is -0.471 e. The van der Waals surface area contributed by atoms with Crippen LogP contribution in [0, 0.1) is 11.3 Å². The molecule has 1 aliphatic rings. The number of hydrogen-bond acceptors (Lipinski definition) is 12. The number of nitrogens with two attached hydrogens (primary N) is 1. The first kappa shape index (κ1) is 35.8. The molecule has 1 aliphatic carbocycles. The van der Waals surface area contributed by atoms with E-state index in [0.717, 1.165) is 37.7 Å². The molecule has 0 fully saturated rings. The molecule has 6 rings (SSSR count). The summed E-state index contributed by atoms with van der Waals surface area (Å²) in [5.41, 5.74) is 12.9. The van der Waals surface area contributed by atoms with Crippen LogP contribution in [0.3, 0.4) is 0 Å². The highest BCUT2D eigenvalue weighted by molar-refractivity contribution is 7.16. The van der Waals surface area contributed by atoms with Crippen molar-refractivity contribution in [2.24, 2.45) is 0 Å². The Morgan fingerprint density at radius 1 is 1.08 bits per heavy atom. The average Bonchev–Trinajstić information content (AvgIpc) is 3.84. The molecule has 5 N–H and O–H groups in total. The number of nitriles is 1. The quantitative estimate of drug-likeness (QED) is 0.0691.